The first kappa shape index (κ1) is 25.5. The van der Waals surface area contributed by atoms with Crippen LogP contribution in [0.25, 0.3) is 27.8 Å². The average Bonchev–Trinajstić information content (AvgIpc) is 3.35. The molecule has 0 saturated heterocycles. The zero-order valence-electron chi connectivity index (χ0n) is 21.6. The number of nitrogens with one attached hydrogen (secondary N) is 1. The number of aromatic nitrogens is 4. The molecule has 3 N–H and O–H groups in total. The lowest BCUT2D eigenvalue weighted by atomic mass is 10.0. The first-order chi connectivity index (χ1) is 19.5. The number of carbonyl (C=O) groups excluding carboxylic acids is 1. The maximum atomic E-state index is 14.3. The molecule has 6 aromatic rings. The number of halogens is 1. The van der Waals surface area contributed by atoms with Crippen molar-refractivity contribution in [3.8, 4) is 11.3 Å². The van der Waals surface area contributed by atoms with E-state index in [9.17, 15) is 9.18 Å². The lowest BCUT2D eigenvalue weighted by Gasteiger charge is -2.14. The van der Waals surface area contributed by atoms with Crippen molar-refractivity contribution in [2.24, 2.45) is 0 Å². The van der Waals surface area contributed by atoms with Crippen LogP contribution >= 0.6 is 11.8 Å². The molecule has 6 rings (SSSR count). The zero-order chi connectivity index (χ0) is 27.6. The van der Waals surface area contributed by atoms with Crippen molar-refractivity contribution < 1.29 is 9.18 Å². The Labute approximate surface area is 234 Å². The van der Waals surface area contributed by atoms with Crippen LogP contribution in [0.4, 0.5) is 10.3 Å². The molecule has 0 aliphatic carbocycles. The van der Waals surface area contributed by atoms with Crippen molar-refractivity contribution in [2.75, 3.05) is 5.73 Å². The van der Waals surface area contributed by atoms with Gasteiger partial charge in [0.25, 0.3) is 5.91 Å². The van der Waals surface area contributed by atoms with E-state index in [2.05, 4.69) is 40.5 Å². The number of benzene rings is 3. The molecule has 0 aliphatic heterocycles. The van der Waals surface area contributed by atoms with Crippen LogP contribution in [0, 0.1) is 5.82 Å². The van der Waals surface area contributed by atoms with E-state index in [4.69, 9.17) is 10.7 Å². The van der Waals surface area contributed by atoms with Gasteiger partial charge in [-0.05, 0) is 66.1 Å². The summed E-state index contributed by atoms with van der Waals surface area (Å²) >= 11 is 1.69. The van der Waals surface area contributed by atoms with Crippen LogP contribution in [0.2, 0.25) is 0 Å². The lowest BCUT2D eigenvalue weighted by molar-refractivity contribution is 0.0952. The fourth-order valence-corrected chi connectivity index (χ4v) is 5.77. The van der Waals surface area contributed by atoms with Gasteiger partial charge >= 0.3 is 0 Å². The fourth-order valence-electron chi connectivity index (χ4n) is 4.63. The summed E-state index contributed by atoms with van der Waals surface area (Å²) in [6.45, 7) is 2.46. The normalized spacial score (nSPS) is 11.2. The minimum absolute atomic E-state index is 0.163. The Morgan fingerprint density at radius 2 is 1.70 bits per heavy atom. The van der Waals surface area contributed by atoms with Crippen molar-refractivity contribution in [3.63, 3.8) is 0 Å². The molecule has 0 saturated carbocycles. The summed E-state index contributed by atoms with van der Waals surface area (Å²) in [4.78, 5) is 24.8. The SMILES string of the molecule is CCc1ccccc1Sc1ccccc1CNC(=O)c1cc(-c2ccn3nc(N)nc3c2)nc2ccc(F)cc12. The predicted molar refractivity (Wildman–Crippen MR) is 156 cm³/mol. The molecule has 0 unspecified atom stereocenters. The predicted octanol–water partition coefficient (Wildman–Crippen LogP) is 6.31. The monoisotopic (exact) mass is 548 g/mol. The minimum atomic E-state index is -0.437. The number of fused-ring (bicyclic) bond motifs is 2. The fraction of sp³-hybridized carbons (Fsp3) is 0.0968. The van der Waals surface area contributed by atoms with E-state index in [-0.39, 0.29) is 11.9 Å². The smallest absolute Gasteiger partial charge is 0.252 e. The van der Waals surface area contributed by atoms with Gasteiger partial charge in [-0.2, -0.15) is 4.98 Å². The van der Waals surface area contributed by atoms with Gasteiger partial charge in [-0.1, -0.05) is 55.1 Å². The van der Waals surface area contributed by atoms with Crippen molar-refractivity contribution in [3.05, 3.63) is 114 Å². The van der Waals surface area contributed by atoms with Crippen LogP contribution < -0.4 is 11.1 Å². The Balaban J connectivity index is 1.32. The quantitative estimate of drug-likeness (QED) is 0.243. The summed E-state index contributed by atoms with van der Waals surface area (Å²) in [5.74, 6) is -0.593. The van der Waals surface area contributed by atoms with E-state index in [1.165, 1.54) is 22.6 Å². The van der Waals surface area contributed by atoms with Crippen LogP contribution in [0.5, 0.6) is 0 Å². The van der Waals surface area contributed by atoms with E-state index in [1.807, 2.05) is 36.4 Å². The second-order valence-electron chi connectivity index (χ2n) is 9.26. The molecule has 7 nitrogen and oxygen atoms in total. The number of pyridine rings is 2. The van der Waals surface area contributed by atoms with E-state index in [0.717, 1.165) is 22.4 Å². The summed E-state index contributed by atoms with van der Waals surface area (Å²) < 4.78 is 15.8. The highest BCUT2D eigenvalue weighted by molar-refractivity contribution is 7.99. The molecule has 0 radical (unpaired) electrons. The van der Waals surface area contributed by atoms with Crippen molar-refractivity contribution in [1.82, 2.24) is 24.9 Å². The first-order valence-electron chi connectivity index (χ1n) is 12.8. The second kappa shape index (κ2) is 10.8. The van der Waals surface area contributed by atoms with Crippen LogP contribution in [-0.2, 0) is 13.0 Å². The molecule has 9 heteroatoms. The zero-order valence-corrected chi connectivity index (χ0v) is 22.5. The Kier molecular flexibility index (Phi) is 6.88. The van der Waals surface area contributed by atoms with Gasteiger partial charge in [-0.15, -0.1) is 5.10 Å². The summed E-state index contributed by atoms with van der Waals surface area (Å²) in [6.07, 6.45) is 2.67. The molecule has 1 amide bonds. The number of nitrogens with two attached hydrogens (primary N) is 1. The molecular weight excluding hydrogens is 523 g/mol. The Hall–Kier alpha value is -4.76. The number of aryl methyl sites for hydroxylation is 1. The number of carbonyl (C=O) groups is 1. The van der Waals surface area contributed by atoms with Gasteiger partial charge in [-0.3, -0.25) is 4.79 Å². The van der Waals surface area contributed by atoms with Gasteiger partial charge in [0.2, 0.25) is 5.95 Å². The summed E-state index contributed by atoms with van der Waals surface area (Å²) in [5.41, 5.74) is 10.7. The van der Waals surface area contributed by atoms with Gasteiger partial charge in [-0.25, -0.2) is 13.9 Å². The molecule has 198 valence electrons. The largest absolute Gasteiger partial charge is 0.366 e. The van der Waals surface area contributed by atoms with Crippen LogP contribution in [0.15, 0.2) is 101 Å². The van der Waals surface area contributed by atoms with Gasteiger partial charge in [0.1, 0.15) is 5.82 Å². The third-order valence-corrected chi connectivity index (χ3v) is 7.89. The third-order valence-electron chi connectivity index (χ3n) is 6.65. The molecule has 40 heavy (non-hydrogen) atoms. The third kappa shape index (κ3) is 5.11. The number of hydrogen-bond acceptors (Lipinski definition) is 6. The van der Waals surface area contributed by atoms with E-state index in [1.54, 1.807) is 40.7 Å². The number of nitrogens with zero attached hydrogens (tertiary/aromatic N) is 4. The highest BCUT2D eigenvalue weighted by atomic mass is 32.2. The number of nitrogen functional groups attached to an aromatic ring is 1. The highest BCUT2D eigenvalue weighted by Gasteiger charge is 2.16. The van der Waals surface area contributed by atoms with E-state index < -0.39 is 5.82 Å². The number of rotatable bonds is 7. The van der Waals surface area contributed by atoms with Crippen molar-refractivity contribution >= 4 is 40.2 Å². The Bertz CT molecular complexity index is 1890. The van der Waals surface area contributed by atoms with Crippen LogP contribution in [-0.4, -0.2) is 25.5 Å². The van der Waals surface area contributed by atoms with Crippen LogP contribution in [0.3, 0.4) is 0 Å². The standard InChI is InChI=1S/C31H25FN6OS/c1-2-19-7-3-5-9-27(19)40-28-10-6-4-8-21(28)18-34-30(39)24-17-26(35-25-12-11-22(32)16-23(24)25)20-13-14-38-29(15-20)36-31(33)37-38/h3-17H,2,18H2,1H3,(H2,33,37)(H,34,39). The van der Waals surface area contributed by atoms with Crippen molar-refractivity contribution in [2.45, 2.75) is 29.7 Å². The Morgan fingerprint density at radius 1 is 0.950 bits per heavy atom. The highest BCUT2D eigenvalue weighted by Crippen LogP contribution is 2.33. The maximum Gasteiger partial charge on any atom is 0.252 e. The first-order valence-corrected chi connectivity index (χ1v) is 13.6. The summed E-state index contributed by atoms with van der Waals surface area (Å²) in [6, 6.07) is 25.9. The summed E-state index contributed by atoms with van der Waals surface area (Å²) in [7, 11) is 0. The van der Waals surface area contributed by atoms with Gasteiger partial charge in [0.15, 0.2) is 5.65 Å². The molecule has 3 aromatic carbocycles. The molecule has 3 heterocycles. The Morgan fingerprint density at radius 3 is 2.50 bits per heavy atom. The maximum absolute atomic E-state index is 14.3. The minimum Gasteiger partial charge on any atom is -0.366 e. The van der Waals surface area contributed by atoms with Crippen LogP contribution in [0.1, 0.15) is 28.4 Å². The molecule has 0 atom stereocenters. The van der Waals surface area contributed by atoms with Gasteiger partial charge in [0, 0.05) is 33.5 Å². The molecule has 0 aliphatic rings. The molecule has 3 aromatic heterocycles. The second-order valence-corrected chi connectivity index (χ2v) is 10.3. The van der Waals surface area contributed by atoms with Gasteiger partial charge in [0.05, 0.1) is 16.8 Å². The molecule has 0 spiro atoms. The number of hydrogen-bond donors (Lipinski definition) is 2. The lowest BCUT2D eigenvalue weighted by Crippen LogP contribution is -2.23. The topological polar surface area (TPSA) is 98.2 Å². The summed E-state index contributed by atoms with van der Waals surface area (Å²) in [5, 5.41) is 7.59. The van der Waals surface area contributed by atoms with E-state index in [0.29, 0.717) is 34.4 Å². The van der Waals surface area contributed by atoms with Crippen molar-refractivity contribution in [1.29, 1.82) is 0 Å². The number of anilines is 1. The van der Waals surface area contributed by atoms with Gasteiger partial charge < -0.3 is 11.1 Å². The van der Waals surface area contributed by atoms with E-state index >= 15 is 0 Å². The average molecular weight is 549 g/mol. The molecular formula is C31H25FN6OS. The molecule has 0 bridgehead atoms. The number of amides is 1. The molecule has 0 fully saturated rings.